The summed E-state index contributed by atoms with van der Waals surface area (Å²) in [6.07, 6.45) is 5.58. The highest BCUT2D eigenvalue weighted by Crippen LogP contribution is 2.25. The van der Waals surface area contributed by atoms with E-state index in [4.69, 9.17) is 9.47 Å². The molecular weight excluding hydrogens is 322 g/mol. The number of ether oxygens (including phenoxy) is 2. The maximum absolute atomic E-state index is 11.7. The monoisotopic (exact) mass is 339 g/mol. The Bertz CT molecular complexity index is 496. The molecule has 1 aliphatic rings. The number of amides is 1. The maximum atomic E-state index is 11.7. The van der Waals surface area contributed by atoms with E-state index in [1.807, 2.05) is 18.2 Å². The summed E-state index contributed by atoms with van der Waals surface area (Å²) in [6, 6.07) is 5.66. The molecule has 5 heteroatoms. The second-order valence-corrected chi connectivity index (χ2v) is 5.46. The highest BCUT2D eigenvalue weighted by molar-refractivity contribution is 9.10. The molecule has 0 aliphatic carbocycles. The van der Waals surface area contributed by atoms with E-state index in [1.54, 1.807) is 13.2 Å². The molecule has 1 aromatic carbocycles. The van der Waals surface area contributed by atoms with Gasteiger partial charge < -0.3 is 14.8 Å². The summed E-state index contributed by atoms with van der Waals surface area (Å²) in [5.41, 5.74) is 0.935. The summed E-state index contributed by atoms with van der Waals surface area (Å²) in [7, 11) is 1.62. The predicted octanol–water partition coefficient (Wildman–Crippen LogP) is 2.77. The van der Waals surface area contributed by atoms with Crippen molar-refractivity contribution in [1.82, 2.24) is 5.32 Å². The molecule has 1 N–H and O–H groups in total. The zero-order valence-electron chi connectivity index (χ0n) is 11.4. The second kappa shape index (κ2) is 7.45. The molecule has 1 aliphatic heterocycles. The van der Waals surface area contributed by atoms with Gasteiger partial charge in [-0.2, -0.15) is 0 Å². The average molecular weight is 340 g/mol. The smallest absolute Gasteiger partial charge is 0.244 e. The number of hydrogen-bond acceptors (Lipinski definition) is 3. The molecule has 1 atom stereocenters. The molecule has 1 fully saturated rings. The lowest BCUT2D eigenvalue weighted by atomic mass is 10.2. The van der Waals surface area contributed by atoms with Crippen LogP contribution in [0.15, 0.2) is 28.7 Å². The molecule has 1 amide bonds. The number of methoxy groups -OCH3 is 1. The molecule has 20 heavy (non-hydrogen) atoms. The lowest BCUT2D eigenvalue weighted by Gasteiger charge is -2.08. The van der Waals surface area contributed by atoms with Gasteiger partial charge in [0.2, 0.25) is 5.91 Å². The van der Waals surface area contributed by atoms with Gasteiger partial charge in [-0.25, -0.2) is 0 Å². The molecule has 0 saturated carbocycles. The van der Waals surface area contributed by atoms with Gasteiger partial charge in [0.1, 0.15) is 5.75 Å². The van der Waals surface area contributed by atoms with Gasteiger partial charge in [0.05, 0.1) is 17.7 Å². The van der Waals surface area contributed by atoms with E-state index < -0.39 is 0 Å². The topological polar surface area (TPSA) is 47.6 Å². The molecule has 0 radical (unpaired) electrons. The fourth-order valence-corrected chi connectivity index (χ4v) is 2.60. The van der Waals surface area contributed by atoms with Gasteiger partial charge in [-0.15, -0.1) is 0 Å². The predicted molar refractivity (Wildman–Crippen MR) is 81.7 cm³/mol. The van der Waals surface area contributed by atoms with Crippen molar-refractivity contribution in [3.8, 4) is 5.75 Å². The first-order chi connectivity index (χ1) is 9.69. The number of halogens is 1. The van der Waals surface area contributed by atoms with Crippen LogP contribution in [0.25, 0.3) is 6.08 Å². The van der Waals surface area contributed by atoms with Crippen molar-refractivity contribution >= 4 is 27.9 Å². The zero-order valence-corrected chi connectivity index (χ0v) is 13.0. The van der Waals surface area contributed by atoms with E-state index in [2.05, 4.69) is 21.2 Å². The molecule has 4 nitrogen and oxygen atoms in total. The van der Waals surface area contributed by atoms with Gasteiger partial charge in [0.15, 0.2) is 0 Å². The van der Waals surface area contributed by atoms with Gasteiger partial charge in [-0.05, 0) is 52.5 Å². The minimum Gasteiger partial charge on any atom is -0.496 e. The highest BCUT2D eigenvalue weighted by atomic mass is 79.9. The SMILES string of the molecule is COc1ccc(C=CC(=O)NCC2CCCO2)cc1Br. The third-order valence-corrected chi connectivity index (χ3v) is 3.75. The second-order valence-electron chi connectivity index (χ2n) is 4.61. The summed E-state index contributed by atoms with van der Waals surface area (Å²) in [5, 5.41) is 2.84. The molecule has 1 heterocycles. The minimum absolute atomic E-state index is 0.104. The summed E-state index contributed by atoms with van der Waals surface area (Å²) in [4.78, 5) is 11.7. The number of carbonyl (C=O) groups is 1. The van der Waals surface area contributed by atoms with Crippen LogP contribution in [-0.2, 0) is 9.53 Å². The van der Waals surface area contributed by atoms with Crippen molar-refractivity contribution in [2.24, 2.45) is 0 Å². The Morgan fingerprint density at radius 3 is 3.10 bits per heavy atom. The molecule has 1 saturated heterocycles. The fourth-order valence-electron chi connectivity index (χ4n) is 2.04. The van der Waals surface area contributed by atoms with E-state index in [-0.39, 0.29) is 12.0 Å². The van der Waals surface area contributed by atoms with Crippen LogP contribution in [0.3, 0.4) is 0 Å². The maximum Gasteiger partial charge on any atom is 0.244 e. The molecule has 1 unspecified atom stereocenters. The van der Waals surface area contributed by atoms with Crippen LogP contribution >= 0.6 is 15.9 Å². The Morgan fingerprint density at radius 2 is 2.45 bits per heavy atom. The van der Waals surface area contributed by atoms with Crippen molar-refractivity contribution in [2.45, 2.75) is 18.9 Å². The molecule has 0 spiro atoms. The van der Waals surface area contributed by atoms with Crippen molar-refractivity contribution in [3.05, 3.63) is 34.3 Å². The third-order valence-electron chi connectivity index (χ3n) is 3.13. The van der Waals surface area contributed by atoms with Crippen LogP contribution in [0.2, 0.25) is 0 Å². The average Bonchev–Trinajstić information content (AvgIpc) is 2.96. The normalized spacial score (nSPS) is 18.4. The lowest BCUT2D eigenvalue weighted by molar-refractivity contribution is -0.116. The quantitative estimate of drug-likeness (QED) is 0.839. The number of rotatable bonds is 5. The Hall–Kier alpha value is -1.33. The van der Waals surface area contributed by atoms with Crippen molar-refractivity contribution in [3.63, 3.8) is 0 Å². The number of carbonyl (C=O) groups excluding carboxylic acids is 1. The molecule has 0 aromatic heterocycles. The minimum atomic E-state index is -0.104. The molecule has 0 bridgehead atoms. The molecule has 2 rings (SSSR count). The van der Waals surface area contributed by atoms with E-state index in [0.29, 0.717) is 6.54 Å². The van der Waals surface area contributed by atoms with Gasteiger partial charge in [0.25, 0.3) is 0 Å². The highest BCUT2D eigenvalue weighted by Gasteiger charge is 2.15. The Balaban J connectivity index is 1.84. The van der Waals surface area contributed by atoms with Crippen LogP contribution in [-0.4, -0.2) is 32.3 Å². The fraction of sp³-hybridized carbons (Fsp3) is 0.400. The first-order valence-corrected chi connectivity index (χ1v) is 7.39. The first kappa shape index (κ1) is 15.1. The Labute approximate surface area is 127 Å². The number of benzene rings is 1. The molecular formula is C15H18BrNO3. The van der Waals surface area contributed by atoms with E-state index in [9.17, 15) is 4.79 Å². The van der Waals surface area contributed by atoms with Crippen LogP contribution in [0.5, 0.6) is 5.75 Å². The van der Waals surface area contributed by atoms with Crippen LogP contribution in [0, 0.1) is 0 Å². The Kier molecular flexibility index (Phi) is 5.61. The van der Waals surface area contributed by atoms with Crippen molar-refractivity contribution in [2.75, 3.05) is 20.3 Å². The van der Waals surface area contributed by atoms with E-state index in [1.165, 1.54) is 6.08 Å². The molecule has 1 aromatic rings. The zero-order chi connectivity index (χ0) is 14.4. The number of hydrogen-bond donors (Lipinski definition) is 1. The third kappa shape index (κ3) is 4.35. The van der Waals surface area contributed by atoms with Gasteiger partial charge in [-0.1, -0.05) is 6.07 Å². The van der Waals surface area contributed by atoms with Gasteiger partial charge >= 0.3 is 0 Å². The number of nitrogens with one attached hydrogen (secondary N) is 1. The van der Waals surface area contributed by atoms with Gasteiger partial charge in [-0.3, -0.25) is 4.79 Å². The summed E-state index contributed by atoms with van der Waals surface area (Å²) in [6.45, 7) is 1.38. The largest absolute Gasteiger partial charge is 0.496 e. The van der Waals surface area contributed by atoms with E-state index >= 15 is 0 Å². The van der Waals surface area contributed by atoms with Crippen LogP contribution < -0.4 is 10.1 Å². The molecule has 108 valence electrons. The first-order valence-electron chi connectivity index (χ1n) is 6.60. The Morgan fingerprint density at radius 1 is 1.60 bits per heavy atom. The van der Waals surface area contributed by atoms with E-state index in [0.717, 1.165) is 35.2 Å². The summed E-state index contributed by atoms with van der Waals surface area (Å²) >= 11 is 3.41. The van der Waals surface area contributed by atoms with Crippen molar-refractivity contribution in [1.29, 1.82) is 0 Å². The van der Waals surface area contributed by atoms with Crippen molar-refractivity contribution < 1.29 is 14.3 Å². The lowest BCUT2D eigenvalue weighted by Crippen LogP contribution is -2.30. The standard InChI is InChI=1S/C15H18BrNO3/c1-19-14-6-4-11(9-13(14)16)5-7-15(18)17-10-12-3-2-8-20-12/h4-7,9,12H,2-3,8,10H2,1H3,(H,17,18). The summed E-state index contributed by atoms with van der Waals surface area (Å²) in [5.74, 6) is 0.664. The summed E-state index contributed by atoms with van der Waals surface area (Å²) < 4.78 is 11.5. The van der Waals surface area contributed by atoms with Crippen LogP contribution in [0.1, 0.15) is 18.4 Å². The van der Waals surface area contributed by atoms with Crippen LogP contribution in [0.4, 0.5) is 0 Å². The van der Waals surface area contributed by atoms with Gasteiger partial charge in [0, 0.05) is 19.2 Å².